The molecule has 2 aromatic rings. The molecule has 0 aliphatic carbocycles. The van der Waals surface area contributed by atoms with E-state index in [0.29, 0.717) is 6.42 Å². The van der Waals surface area contributed by atoms with Crippen LogP contribution in [0.15, 0.2) is 48.7 Å². The standard InChI is InChI=1S/C18H23N3O3/c1-13(14-7-4-3-5-8-14)20-18(24)17(23)19-11-10-16(22)15-9-6-12-21(15)2/h3-9,12-13,16,22H,10-11H2,1-2H3,(H,19,23)(H,20,24)/t13-,16-/m1/s1. The predicted molar refractivity (Wildman–Crippen MR) is 91.0 cm³/mol. The number of amides is 2. The van der Waals surface area contributed by atoms with Crippen molar-refractivity contribution in [3.63, 3.8) is 0 Å². The molecule has 1 heterocycles. The molecule has 0 unspecified atom stereocenters. The molecule has 6 nitrogen and oxygen atoms in total. The number of hydrogen-bond acceptors (Lipinski definition) is 3. The van der Waals surface area contributed by atoms with Gasteiger partial charge in [-0.15, -0.1) is 0 Å². The van der Waals surface area contributed by atoms with E-state index in [0.717, 1.165) is 11.3 Å². The lowest BCUT2D eigenvalue weighted by Crippen LogP contribution is -2.41. The zero-order valence-electron chi connectivity index (χ0n) is 13.9. The summed E-state index contributed by atoms with van der Waals surface area (Å²) in [5.41, 5.74) is 1.70. The fraction of sp³-hybridized carbons (Fsp3) is 0.333. The fourth-order valence-electron chi connectivity index (χ4n) is 2.46. The highest BCUT2D eigenvalue weighted by molar-refractivity contribution is 6.35. The Kier molecular flexibility index (Phi) is 6.14. The van der Waals surface area contributed by atoms with Crippen molar-refractivity contribution in [3.05, 3.63) is 59.9 Å². The summed E-state index contributed by atoms with van der Waals surface area (Å²) >= 11 is 0. The molecule has 2 amide bonds. The minimum atomic E-state index is -0.697. The van der Waals surface area contributed by atoms with E-state index in [2.05, 4.69) is 10.6 Å². The van der Waals surface area contributed by atoms with Crippen LogP contribution < -0.4 is 10.6 Å². The minimum Gasteiger partial charge on any atom is -0.387 e. The molecule has 128 valence electrons. The summed E-state index contributed by atoms with van der Waals surface area (Å²) in [6, 6.07) is 12.8. The highest BCUT2D eigenvalue weighted by atomic mass is 16.3. The molecule has 2 rings (SSSR count). The number of benzene rings is 1. The Hall–Kier alpha value is -2.60. The third-order valence-corrected chi connectivity index (χ3v) is 3.88. The van der Waals surface area contributed by atoms with Gasteiger partial charge >= 0.3 is 11.8 Å². The molecule has 0 saturated heterocycles. The van der Waals surface area contributed by atoms with Crippen LogP contribution in [0.4, 0.5) is 0 Å². The zero-order valence-corrected chi connectivity index (χ0v) is 13.9. The number of aryl methyl sites for hydroxylation is 1. The molecule has 3 N–H and O–H groups in total. The van der Waals surface area contributed by atoms with Crippen molar-refractivity contribution < 1.29 is 14.7 Å². The quantitative estimate of drug-likeness (QED) is 0.701. The van der Waals surface area contributed by atoms with Crippen molar-refractivity contribution in [2.24, 2.45) is 7.05 Å². The highest BCUT2D eigenvalue weighted by Crippen LogP contribution is 2.15. The molecule has 1 aromatic carbocycles. The van der Waals surface area contributed by atoms with Crippen LogP contribution in [0.25, 0.3) is 0 Å². The molecule has 6 heteroatoms. The van der Waals surface area contributed by atoms with Crippen molar-refractivity contribution in [3.8, 4) is 0 Å². The molecule has 0 aliphatic rings. The molecule has 24 heavy (non-hydrogen) atoms. The van der Waals surface area contributed by atoms with E-state index >= 15 is 0 Å². The van der Waals surface area contributed by atoms with Crippen LogP contribution in [0.5, 0.6) is 0 Å². The predicted octanol–water partition coefficient (Wildman–Crippen LogP) is 1.44. The summed E-state index contributed by atoms with van der Waals surface area (Å²) in [6.45, 7) is 2.04. The van der Waals surface area contributed by atoms with Crippen LogP contribution >= 0.6 is 0 Å². The molecular weight excluding hydrogens is 306 g/mol. The van der Waals surface area contributed by atoms with E-state index in [9.17, 15) is 14.7 Å². The number of aliphatic hydroxyl groups is 1. The molecule has 0 aliphatic heterocycles. The second kappa shape index (κ2) is 8.31. The van der Waals surface area contributed by atoms with E-state index < -0.39 is 17.9 Å². The van der Waals surface area contributed by atoms with Crippen molar-refractivity contribution in [2.45, 2.75) is 25.5 Å². The third-order valence-electron chi connectivity index (χ3n) is 3.88. The van der Waals surface area contributed by atoms with Crippen molar-refractivity contribution >= 4 is 11.8 Å². The first-order valence-corrected chi connectivity index (χ1v) is 7.92. The summed E-state index contributed by atoms with van der Waals surface area (Å²) in [5, 5.41) is 15.2. The van der Waals surface area contributed by atoms with Gasteiger partial charge in [-0.05, 0) is 31.0 Å². The Bertz CT molecular complexity index is 682. The maximum Gasteiger partial charge on any atom is 0.309 e. The fourth-order valence-corrected chi connectivity index (χ4v) is 2.46. The highest BCUT2D eigenvalue weighted by Gasteiger charge is 2.17. The van der Waals surface area contributed by atoms with Gasteiger partial charge in [0.25, 0.3) is 0 Å². The average Bonchev–Trinajstić information content (AvgIpc) is 3.01. The Labute approximate surface area is 141 Å². The van der Waals surface area contributed by atoms with Crippen LogP contribution in [-0.2, 0) is 16.6 Å². The first-order chi connectivity index (χ1) is 11.5. The molecule has 0 saturated carbocycles. The molecule has 0 spiro atoms. The van der Waals surface area contributed by atoms with E-state index in [-0.39, 0.29) is 12.6 Å². The Morgan fingerprint density at radius 1 is 1.12 bits per heavy atom. The van der Waals surface area contributed by atoms with Crippen LogP contribution in [0, 0.1) is 0 Å². The van der Waals surface area contributed by atoms with Crippen LogP contribution in [-0.4, -0.2) is 28.0 Å². The van der Waals surface area contributed by atoms with Gasteiger partial charge < -0.3 is 20.3 Å². The second-order valence-electron chi connectivity index (χ2n) is 5.71. The van der Waals surface area contributed by atoms with Gasteiger partial charge in [-0.2, -0.15) is 0 Å². The van der Waals surface area contributed by atoms with E-state index in [1.807, 2.05) is 67.2 Å². The van der Waals surface area contributed by atoms with Gasteiger partial charge in [-0.3, -0.25) is 9.59 Å². The maximum atomic E-state index is 11.9. The molecule has 2 atom stereocenters. The van der Waals surface area contributed by atoms with Crippen LogP contribution in [0.1, 0.15) is 36.7 Å². The SMILES string of the molecule is C[C@@H](NC(=O)C(=O)NCC[C@@H](O)c1cccn1C)c1ccccc1. The number of aromatic nitrogens is 1. The van der Waals surface area contributed by atoms with Crippen molar-refractivity contribution in [2.75, 3.05) is 6.54 Å². The number of nitrogens with one attached hydrogen (secondary N) is 2. The van der Waals surface area contributed by atoms with Crippen LogP contribution in [0.2, 0.25) is 0 Å². The monoisotopic (exact) mass is 329 g/mol. The smallest absolute Gasteiger partial charge is 0.309 e. The van der Waals surface area contributed by atoms with Gasteiger partial charge in [0.15, 0.2) is 0 Å². The summed E-state index contributed by atoms with van der Waals surface area (Å²) in [6.07, 6.45) is 1.50. The first-order valence-electron chi connectivity index (χ1n) is 7.92. The summed E-state index contributed by atoms with van der Waals surface area (Å²) in [5.74, 6) is -1.38. The number of hydrogen-bond donors (Lipinski definition) is 3. The lowest BCUT2D eigenvalue weighted by molar-refractivity contribution is -0.139. The zero-order chi connectivity index (χ0) is 17.5. The molecule has 0 fully saturated rings. The van der Waals surface area contributed by atoms with Gasteiger partial charge in [0, 0.05) is 25.5 Å². The number of carbonyl (C=O) groups is 2. The summed E-state index contributed by atoms with van der Waals surface area (Å²) in [7, 11) is 1.84. The van der Waals surface area contributed by atoms with Gasteiger partial charge in [0.05, 0.1) is 12.1 Å². The maximum absolute atomic E-state index is 11.9. The molecule has 0 radical (unpaired) electrons. The molecule has 1 aromatic heterocycles. The Morgan fingerprint density at radius 3 is 2.46 bits per heavy atom. The van der Waals surface area contributed by atoms with Gasteiger partial charge in [-0.25, -0.2) is 0 Å². The largest absolute Gasteiger partial charge is 0.387 e. The topological polar surface area (TPSA) is 83.4 Å². The van der Waals surface area contributed by atoms with Gasteiger partial charge in [0.2, 0.25) is 0 Å². The lowest BCUT2D eigenvalue weighted by Gasteiger charge is -2.15. The van der Waals surface area contributed by atoms with E-state index in [1.165, 1.54) is 0 Å². The molecular formula is C18H23N3O3. The molecule has 0 bridgehead atoms. The van der Waals surface area contributed by atoms with Crippen molar-refractivity contribution in [1.82, 2.24) is 15.2 Å². The van der Waals surface area contributed by atoms with E-state index in [4.69, 9.17) is 0 Å². The van der Waals surface area contributed by atoms with Crippen molar-refractivity contribution in [1.29, 1.82) is 0 Å². The Balaban J connectivity index is 1.76. The Morgan fingerprint density at radius 2 is 1.83 bits per heavy atom. The number of rotatable bonds is 6. The third kappa shape index (κ3) is 4.70. The second-order valence-corrected chi connectivity index (χ2v) is 5.71. The average molecular weight is 329 g/mol. The van der Waals surface area contributed by atoms with E-state index in [1.54, 1.807) is 0 Å². The summed E-state index contributed by atoms with van der Waals surface area (Å²) < 4.78 is 1.82. The summed E-state index contributed by atoms with van der Waals surface area (Å²) in [4.78, 5) is 23.7. The number of carbonyl (C=O) groups excluding carboxylic acids is 2. The number of aliphatic hydroxyl groups excluding tert-OH is 1. The normalized spacial score (nSPS) is 13.1. The van der Waals surface area contributed by atoms with Crippen LogP contribution in [0.3, 0.4) is 0 Å². The van der Waals surface area contributed by atoms with Gasteiger partial charge in [0.1, 0.15) is 0 Å². The number of nitrogens with zero attached hydrogens (tertiary/aromatic N) is 1. The van der Waals surface area contributed by atoms with Gasteiger partial charge in [-0.1, -0.05) is 30.3 Å². The minimum absolute atomic E-state index is 0.221. The lowest BCUT2D eigenvalue weighted by atomic mass is 10.1. The first kappa shape index (κ1) is 17.7.